The summed E-state index contributed by atoms with van der Waals surface area (Å²) in [6.45, 7) is 0.581. The molecule has 0 saturated heterocycles. The summed E-state index contributed by atoms with van der Waals surface area (Å²) in [7, 11) is 0. The Morgan fingerprint density at radius 2 is 2.44 bits per heavy atom. The van der Waals surface area contributed by atoms with Crippen LogP contribution in [0.3, 0.4) is 0 Å². The average molecular weight is 228 g/mol. The van der Waals surface area contributed by atoms with Gasteiger partial charge in [0.2, 0.25) is 0 Å². The summed E-state index contributed by atoms with van der Waals surface area (Å²) in [5.74, 6) is 3.36. The Kier molecular flexibility index (Phi) is 2.30. The second kappa shape index (κ2) is 3.80. The van der Waals surface area contributed by atoms with Crippen LogP contribution in [0.1, 0.15) is 24.5 Å². The Hall–Kier alpha value is -1.53. The molecule has 1 saturated carbocycles. The summed E-state index contributed by atoms with van der Waals surface area (Å²) in [6.07, 6.45) is 7.93. The highest BCUT2D eigenvalue weighted by Crippen LogP contribution is 2.41. The molecular weight excluding hydrogens is 216 g/mol. The van der Waals surface area contributed by atoms with E-state index in [1.807, 2.05) is 4.68 Å². The number of hydrogen-bond acceptors (Lipinski definition) is 2. The molecule has 0 aliphatic heterocycles. The molecule has 3 rings (SSSR count). The van der Waals surface area contributed by atoms with Crippen molar-refractivity contribution in [1.29, 1.82) is 0 Å². The van der Waals surface area contributed by atoms with E-state index in [-0.39, 0.29) is 0 Å². The van der Waals surface area contributed by atoms with Gasteiger partial charge >= 0.3 is 0 Å². The molecule has 1 aliphatic rings. The van der Waals surface area contributed by atoms with E-state index >= 15 is 0 Å². The minimum absolute atomic E-state index is 0.581. The summed E-state index contributed by atoms with van der Waals surface area (Å²) in [6, 6.07) is 6.35. The van der Waals surface area contributed by atoms with Crippen LogP contribution in [0.2, 0.25) is 0 Å². The van der Waals surface area contributed by atoms with Gasteiger partial charge in [0.1, 0.15) is 12.2 Å². The van der Waals surface area contributed by atoms with E-state index in [4.69, 9.17) is 6.42 Å². The Labute approximate surface area is 98.9 Å². The highest BCUT2D eigenvalue weighted by molar-refractivity contribution is 7.13. The van der Waals surface area contributed by atoms with Crippen LogP contribution < -0.4 is 0 Å². The van der Waals surface area contributed by atoms with Crippen molar-refractivity contribution in [3.63, 3.8) is 0 Å². The second-order valence-corrected chi connectivity index (χ2v) is 5.02. The van der Waals surface area contributed by atoms with E-state index < -0.39 is 0 Å². The molecule has 0 amide bonds. The molecule has 2 heterocycles. The van der Waals surface area contributed by atoms with Gasteiger partial charge in [0.05, 0.1) is 4.88 Å². The van der Waals surface area contributed by atoms with Gasteiger partial charge in [-0.3, -0.25) is 4.68 Å². The quantitative estimate of drug-likeness (QED) is 0.738. The maximum atomic E-state index is 5.37. The van der Waals surface area contributed by atoms with Gasteiger partial charge in [0, 0.05) is 11.6 Å². The van der Waals surface area contributed by atoms with E-state index in [0.29, 0.717) is 12.5 Å². The molecule has 0 unspecified atom stereocenters. The number of rotatable bonds is 3. The maximum absolute atomic E-state index is 5.37. The van der Waals surface area contributed by atoms with Crippen molar-refractivity contribution >= 4 is 11.3 Å². The maximum Gasteiger partial charge on any atom is 0.103 e. The third-order valence-electron chi connectivity index (χ3n) is 2.82. The molecule has 1 fully saturated rings. The largest absolute Gasteiger partial charge is 0.257 e. The summed E-state index contributed by atoms with van der Waals surface area (Å²) in [4.78, 5) is 1.22. The Bertz CT molecular complexity index is 527. The first-order chi connectivity index (χ1) is 7.88. The minimum atomic E-state index is 0.581. The monoisotopic (exact) mass is 228 g/mol. The van der Waals surface area contributed by atoms with Crippen LogP contribution in [0, 0.1) is 12.3 Å². The molecule has 0 aromatic carbocycles. The second-order valence-electron chi connectivity index (χ2n) is 4.07. The van der Waals surface area contributed by atoms with Crippen molar-refractivity contribution in [3.8, 4) is 22.9 Å². The Balaban J connectivity index is 2.01. The average Bonchev–Trinajstić information content (AvgIpc) is 2.82. The van der Waals surface area contributed by atoms with Gasteiger partial charge in [-0.1, -0.05) is 12.0 Å². The number of nitrogens with zero attached hydrogens (tertiary/aromatic N) is 2. The van der Waals surface area contributed by atoms with Crippen LogP contribution in [0.15, 0.2) is 23.6 Å². The summed E-state index contributed by atoms with van der Waals surface area (Å²) in [5, 5.41) is 6.66. The lowest BCUT2D eigenvalue weighted by Gasteiger charge is -1.99. The minimum Gasteiger partial charge on any atom is -0.257 e. The van der Waals surface area contributed by atoms with Crippen LogP contribution in [0.25, 0.3) is 10.6 Å². The van der Waals surface area contributed by atoms with Crippen molar-refractivity contribution in [3.05, 3.63) is 29.3 Å². The fourth-order valence-corrected chi connectivity index (χ4v) is 2.58. The van der Waals surface area contributed by atoms with Gasteiger partial charge < -0.3 is 0 Å². The number of aromatic nitrogens is 2. The highest BCUT2D eigenvalue weighted by Gasteiger charge is 2.28. The van der Waals surface area contributed by atoms with Crippen LogP contribution >= 0.6 is 11.3 Å². The van der Waals surface area contributed by atoms with Crippen LogP contribution in [-0.2, 0) is 6.54 Å². The summed E-state index contributed by atoms with van der Waals surface area (Å²) >= 11 is 1.72. The van der Waals surface area contributed by atoms with Crippen molar-refractivity contribution in [1.82, 2.24) is 9.78 Å². The first-order valence-electron chi connectivity index (χ1n) is 5.43. The zero-order chi connectivity index (χ0) is 11.0. The molecule has 80 valence electrons. The van der Waals surface area contributed by atoms with Crippen LogP contribution in [-0.4, -0.2) is 9.78 Å². The van der Waals surface area contributed by atoms with Crippen molar-refractivity contribution in [2.45, 2.75) is 25.3 Å². The molecule has 0 bridgehead atoms. The molecule has 1 aliphatic carbocycles. The third-order valence-corrected chi connectivity index (χ3v) is 3.71. The first-order valence-corrected chi connectivity index (χ1v) is 6.31. The molecule has 0 radical (unpaired) electrons. The molecule has 0 N–H and O–H groups in total. The summed E-state index contributed by atoms with van der Waals surface area (Å²) < 4.78 is 1.98. The van der Waals surface area contributed by atoms with Gasteiger partial charge in [0.15, 0.2) is 0 Å². The van der Waals surface area contributed by atoms with E-state index in [1.54, 1.807) is 11.3 Å². The number of hydrogen-bond donors (Lipinski definition) is 0. The lowest BCUT2D eigenvalue weighted by molar-refractivity contribution is 0.672. The topological polar surface area (TPSA) is 17.8 Å². The number of terminal acetylenes is 1. The molecule has 2 aromatic heterocycles. The first kappa shape index (κ1) is 9.68. The van der Waals surface area contributed by atoms with E-state index in [2.05, 4.69) is 34.6 Å². The number of thiophene rings is 1. The predicted molar refractivity (Wildman–Crippen MR) is 66.3 cm³/mol. The predicted octanol–water partition coefficient (Wildman–Crippen LogP) is 3.12. The van der Waals surface area contributed by atoms with Gasteiger partial charge in [-0.2, -0.15) is 5.10 Å². The van der Waals surface area contributed by atoms with E-state index in [9.17, 15) is 0 Å². The zero-order valence-electron chi connectivity index (χ0n) is 8.89. The van der Waals surface area contributed by atoms with Crippen molar-refractivity contribution < 1.29 is 0 Å². The van der Waals surface area contributed by atoms with E-state index in [0.717, 1.165) is 5.69 Å². The van der Waals surface area contributed by atoms with E-state index in [1.165, 1.54) is 23.4 Å². The van der Waals surface area contributed by atoms with Gasteiger partial charge in [0.25, 0.3) is 0 Å². The zero-order valence-corrected chi connectivity index (χ0v) is 9.70. The molecule has 2 aromatic rings. The normalized spacial score (nSPS) is 14.9. The lowest BCUT2D eigenvalue weighted by Crippen LogP contribution is -2.02. The third kappa shape index (κ3) is 1.66. The fraction of sp³-hybridized carbons (Fsp3) is 0.308. The van der Waals surface area contributed by atoms with Crippen LogP contribution in [0.4, 0.5) is 0 Å². The molecule has 3 heteroatoms. The Morgan fingerprint density at radius 3 is 3.06 bits per heavy atom. The molecule has 16 heavy (non-hydrogen) atoms. The van der Waals surface area contributed by atoms with Gasteiger partial charge in [-0.25, -0.2) is 0 Å². The SMILES string of the molecule is C#CCn1nc(-c2cccs2)cc1C1CC1. The van der Waals surface area contributed by atoms with Crippen molar-refractivity contribution in [2.24, 2.45) is 0 Å². The summed E-state index contributed by atoms with van der Waals surface area (Å²) in [5.41, 5.74) is 2.37. The van der Waals surface area contributed by atoms with Gasteiger partial charge in [-0.05, 0) is 30.4 Å². The highest BCUT2D eigenvalue weighted by atomic mass is 32.1. The van der Waals surface area contributed by atoms with Crippen molar-refractivity contribution in [2.75, 3.05) is 0 Å². The molecule has 0 atom stereocenters. The smallest absolute Gasteiger partial charge is 0.103 e. The molecule has 2 nitrogen and oxygen atoms in total. The fourth-order valence-electron chi connectivity index (χ4n) is 1.90. The standard InChI is InChI=1S/C13H12N2S/c1-2-7-15-12(10-5-6-10)9-11(14-15)13-4-3-8-16-13/h1,3-4,8-10H,5-7H2. The molecular formula is C13H12N2S. The van der Waals surface area contributed by atoms with Gasteiger partial charge in [-0.15, -0.1) is 17.8 Å². The van der Waals surface area contributed by atoms with Crippen LogP contribution in [0.5, 0.6) is 0 Å². The lowest BCUT2D eigenvalue weighted by atomic mass is 10.2. The molecule has 0 spiro atoms. The Morgan fingerprint density at radius 1 is 1.56 bits per heavy atom.